The first-order chi connectivity index (χ1) is 6.04. The molecule has 0 aromatic carbocycles. The zero-order valence-corrected chi connectivity index (χ0v) is 9.10. The summed E-state index contributed by atoms with van der Waals surface area (Å²) < 4.78 is 9.00. The van der Waals surface area contributed by atoms with Crippen LogP contribution < -0.4 is 0 Å². The van der Waals surface area contributed by atoms with Gasteiger partial charge in [0.2, 0.25) is 0 Å². The molecular weight excluding hydrogens is 184 g/mol. The van der Waals surface area contributed by atoms with Crippen molar-refractivity contribution >= 4 is 12.0 Å². The zero-order chi connectivity index (χ0) is 9.69. The monoisotopic (exact) mass is 202 g/mol. The van der Waals surface area contributed by atoms with Crippen LogP contribution in [0.25, 0.3) is 0 Å². The van der Waals surface area contributed by atoms with Crippen LogP contribution in [-0.2, 0) is 0 Å². The number of aliphatic hydroxyl groups excluding tert-OH is 1. The summed E-state index contributed by atoms with van der Waals surface area (Å²) >= 11 is 0.895. The molecule has 2 bridgehead atoms. The van der Waals surface area contributed by atoms with E-state index in [-0.39, 0.29) is 16.9 Å². The van der Waals surface area contributed by atoms with Crippen LogP contribution in [0.3, 0.4) is 0 Å². The highest BCUT2D eigenvalue weighted by atomic mass is 32.2. The van der Waals surface area contributed by atoms with Gasteiger partial charge in [-0.2, -0.15) is 0 Å². The molecule has 2 saturated carbocycles. The van der Waals surface area contributed by atoms with Gasteiger partial charge in [-0.05, 0) is 42.6 Å². The number of hydrogen-bond acceptors (Lipinski definition) is 3. The van der Waals surface area contributed by atoms with E-state index in [1.807, 2.05) is 0 Å². The van der Waals surface area contributed by atoms with Crippen LogP contribution in [0, 0.1) is 16.7 Å². The van der Waals surface area contributed by atoms with Crippen molar-refractivity contribution in [3.8, 4) is 0 Å². The molecule has 13 heavy (non-hydrogen) atoms. The van der Waals surface area contributed by atoms with Gasteiger partial charge in [0.05, 0.1) is 6.10 Å². The number of aliphatic hydroxyl groups is 1. The Kier molecular flexibility index (Phi) is 2.17. The normalized spacial score (nSPS) is 47.1. The Morgan fingerprint density at radius 2 is 2.15 bits per heavy atom. The molecule has 0 unspecified atom stereocenters. The Hall–Kier alpha value is 0.270. The van der Waals surface area contributed by atoms with Crippen molar-refractivity contribution in [2.75, 3.05) is 5.75 Å². The minimum absolute atomic E-state index is 0.0168. The van der Waals surface area contributed by atoms with E-state index < -0.39 is 0 Å². The first-order valence-corrected chi connectivity index (χ1v) is 5.93. The van der Waals surface area contributed by atoms with Crippen LogP contribution in [0.5, 0.6) is 0 Å². The molecule has 0 heterocycles. The quantitative estimate of drug-likeness (QED) is 0.675. The summed E-state index contributed by atoms with van der Waals surface area (Å²) in [5.74, 6) is 1.35. The first kappa shape index (κ1) is 9.81. The Balaban J connectivity index is 2.31. The molecule has 0 aromatic rings. The molecule has 3 atom stereocenters. The predicted molar refractivity (Wildman–Crippen MR) is 54.6 cm³/mol. The van der Waals surface area contributed by atoms with E-state index in [4.69, 9.17) is 4.55 Å². The molecule has 2 N–H and O–H groups in total. The van der Waals surface area contributed by atoms with E-state index in [0.717, 1.165) is 24.9 Å². The molecule has 3 heteroatoms. The Morgan fingerprint density at radius 3 is 2.54 bits per heavy atom. The van der Waals surface area contributed by atoms with Gasteiger partial charge in [-0.15, -0.1) is 0 Å². The highest BCUT2D eigenvalue weighted by molar-refractivity contribution is 7.93. The smallest absolute Gasteiger partial charge is 0.0613 e. The second-order valence-electron chi connectivity index (χ2n) is 5.14. The number of rotatable bonds is 2. The fourth-order valence-electron chi connectivity index (χ4n) is 3.49. The Morgan fingerprint density at radius 1 is 1.46 bits per heavy atom. The fourth-order valence-corrected chi connectivity index (χ4v) is 4.43. The van der Waals surface area contributed by atoms with Gasteiger partial charge in [0.25, 0.3) is 0 Å². The lowest BCUT2D eigenvalue weighted by Crippen LogP contribution is -2.40. The Bertz CT molecular complexity index is 217. The van der Waals surface area contributed by atoms with Crippen LogP contribution in [-0.4, -0.2) is 21.5 Å². The number of fused-ring (bicyclic) bond motifs is 2. The Labute approximate surface area is 83.9 Å². The summed E-state index contributed by atoms with van der Waals surface area (Å²) in [6.45, 7) is 4.49. The second-order valence-corrected chi connectivity index (χ2v) is 5.69. The van der Waals surface area contributed by atoms with E-state index in [2.05, 4.69) is 13.8 Å². The van der Waals surface area contributed by atoms with Crippen LogP contribution in [0.15, 0.2) is 0 Å². The largest absolute Gasteiger partial charge is 0.392 e. The molecule has 2 aliphatic rings. The molecule has 0 saturated heterocycles. The topological polar surface area (TPSA) is 40.5 Å². The maximum absolute atomic E-state index is 10.0. The first-order valence-electron chi connectivity index (χ1n) is 4.99. The van der Waals surface area contributed by atoms with Gasteiger partial charge >= 0.3 is 0 Å². The molecular formula is C10H18O2S. The van der Waals surface area contributed by atoms with Crippen LogP contribution >= 0.6 is 12.0 Å². The predicted octanol–water partition coefficient (Wildman–Crippen LogP) is 2.38. The van der Waals surface area contributed by atoms with Gasteiger partial charge in [-0.1, -0.05) is 13.8 Å². The van der Waals surface area contributed by atoms with Crippen molar-refractivity contribution in [2.45, 2.75) is 39.2 Å². The SMILES string of the molecule is CC1(C)[C@@H]2CC[C@@]1(CSO)[C@H](O)C2. The van der Waals surface area contributed by atoms with Gasteiger partial charge in [0, 0.05) is 11.2 Å². The molecule has 0 amide bonds. The summed E-state index contributed by atoms with van der Waals surface area (Å²) in [7, 11) is 0. The molecule has 0 spiro atoms. The van der Waals surface area contributed by atoms with Crippen molar-refractivity contribution in [3.63, 3.8) is 0 Å². The van der Waals surface area contributed by atoms with E-state index in [1.54, 1.807) is 0 Å². The summed E-state index contributed by atoms with van der Waals surface area (Å²) in [6.07, 6.45) is 3.05. The van der Waals surface area contributed by atoms with Crippen molar-refractivity contribution in [1.29, 1.82) is 0 Å². The van der Waals surface area contributed by atoms with Gasteiger partial charge in [0.15, 0.2) is 0 Å². The van der Waals surface area contributed by atoms with Crippen molar-refractivity contribution in [1.82, 2.24) is 0 Å². The standard InChI is InChI=1S/C10H18O2S/c1-9(2)7-3-4-10(9,6-13-12)8(11)5-7/h7-8,11-12H,3-6H2,1-2H3/t7-,8-,10-/m1/s1. The van der Waals surface area contributed by atoms with E-state index >= 15 is 0 Å². The average Bonchev–Trinajstić information content (AvgIpc) is 2.38. The summed E-state index contributed by atoms with van der Waals surface area (Å²) in [6, 6.07) is 0. The lowest BCUT2D eigenvalue weighted by atomic mass is 9.70. The van der Waals surface area contributed by atoms with Crippen molar-refractivity contribution < 1.29 is 9.66 Å². The summed E-state index contributed by atoms with van der Waals surface area (Å²) in [5.41, 5.74) is 0.194. The molecule has 2 aliphatic carbocycles. The molecule has 0 aliphatic heterocycles. The third kappa shape index (κ3) is 1.04. The molecule has 2 fully saturated rings. The second kappa shape index (κ2) is 2.88. The highest BCUT2D eigenvalue weighted by Crippen LogP contribution is 2.66. The van der Waals surface area contributed by atoms with Crippen LogP contribution in [0.4, 0.5) is 0 Å². The minimum Gasteiger partial charge on any atom is -0.392 e. The van der Waals surface area contributed by atoms with Crippen LogP contribution in [0.2, 0.25) is 0 Å². The molecule has 76 valence electrons. The highest BCUT2D eigenvalue weighted by Gasteiger charge is 2.63. The third-order valence-electron chi connectivity index (χ3n) is 4.71. The maximum Gasteiger partial charge on any atom is 0.0613 e. The zero-order valence-electron chi connectivity index (χ0n) is 8.29. The number of hydrogen-bond donors (Lipinski definition) is 2. The lowest BCUT2D eigenvalue weighted by molar-refractivity contribution is 0.0161. The summed E-state index contributed by atoms with van der Waals surface area (Å²) in [5, 5.41) is 10.0. The van der Waals surface area contributed by atoms with Gasteiger partial charge in [-0.3, -0.25) is 0 Å². The summed E-state index contributed by atoms with van der Waals surface area (Å²) in [4.78, 5) is 0. The maximum atomic E-state index is 10.0. The van der Waals surface area contributed by atoms with E-state index in [0.29, 0.717) is 11.7 Å². The fraction of sp³-hybridized carbons (Fsp3) is 1.00. The van der Waals surface area contributed by atoms with Crippen molar-refractivity contribution in [3.05, 3.63) is 0 Å². The van der Waals surface area contributed by atoms with E-state index in [9.17, 15) is 5.11 Å². The van der Waals surface area contributed by atoms with Gasteiger partial charge < -0.3 is 9.66 Å². The van der Waals surface area contributed by atoms with E-state index in [1.165, 1.54) is 6.42 Å². The van der Waals surface area contributed by atoms with Crippen molar-refractivity contribution in [2.24, 2.45) is 16.7 Å². The molecule has 0 radical (unpaired) electrons. The molecule has 2 nitrogen and oxygen atoms in total. The lowest BCUT2D eigenvalue weighted by Gasteiger charge is -2.39. The molecule has 2 rings (SSSR count). The third-order valence-corrected chi connectivity index (χ3v) is 5.35. The minimum atomic E-state index is -0.194. The van der Waals surface area contributed by atoms with Gasteiger partial charge in [0.1, 0.15) is 0 Å². The molecule has 0 aromatic heterocycles. The van der Waals surface area contributed by atoms with Gasteiger partial charge in [-0.25, -0.2) is 0 Å². The average molecular weight is 202 g/mol. The van der Waals surface area contributed by atoms with Crippen LogP contribution in [0.1, 0.15) is 33.1 Å².